The topological polar surface area (TPSA) is 50.4 Å². The number of halogens is 1. The van der Waals surface area contributed by atoms with Gasteiger partial charge in [0.2, 0.25) is 0 Å². The van der Waals surface area contributed by atoms with Crippen LogP contribution in [0, 0.1) is 3.57 Å². The molecule has 0 atom stereocenters. The van der Waals surface area contributed by atoms with Crippen molar-refractivity contribution in [3.63, 3.8) is 0 Å². The van der Waals surface area contributed by atoms with Crippen LogP contribution in [-0.4, -0.2) is 11.3 Å². The fraction of sp³-hybridized carbons (Fsp3) is 0. The molecule has 1 aromatic rings. The number of nitrogens with one attached hydrogen (secondary N) is 1. The summed E-state index contributed by atoms with van der Waals surface area (Å²) in [6, 6.07) is 7.89. The van der Waals surface area contributed by atoms with E-state index in [0.717, 1.165) is 9.13 Å². The van der Waals surface area contributed by atoms with Crippen molar-refractivity contribution < 1.29 is 0 Å². The molecule has 0 aliphatic heterocycles. The van der Waals surface area contributed by atoms with Gasteiger partial charge in [0.25, 0.3) is 0 Å². The third-order valence-corrected chi connectivity index (χ3v) is 2.36. The van der Waals surface area contributed by atoms with E-state index in [1.165, 1.54) is 0 Å². The molecule has 0 radical (unpaired) electrons. The second-order valence-corrected chi connectivity index (χ2v) is 3.86. The highest BCUT2D eigenvalue weighted by atomic mass is 127. The number of rotatable bonds is 2. The molecule has 3 N–H and O–H groups in total. The minimum absolute atomic E-state index is 0.169. The number of nitrogens with two attached hydrogens (primary N) is 1. The van der Waals surface area contributed by atoms with Gasteiger partial charge in [0, 0.05) is 9.13 Å². The zero-order chi connectivity index (χ0) is 9.68. The molecule has 0 heterocycles. The van der Waals surface area contributed by atoms with Crippen molar-refractivity contribution >= 4 is 46.1 Å². The van der Waals surface area contributed by atoms with E-state index in [1.54, 1.807) is 6.21 Å². The highest BCUT2D eigenvalue weighted by molar-refractivity contribution is 14.1. The second-order valence-electron chi connectivity index (χ2n) is 2.26. The summed E-state index contributed by atoms with van der Waals surface area (Å²) in [5.41, 5.74) is 8.73. The summed E-state index contributed by atoms with van der Waals surface area (Å²) >= 11 is 6.83. The number of hydrogen-bond acceptors (Lipinski definition) is 2. The van der Waals surface area contributed by atoms with E-state index in [1.807, 2.05) is 24.3 Å². The van der Waals surface area contributed by atoms with E-state index in [2.05, 4.69) is 45.3 Å². The molecule has 0 bridgehead atoms. The lowest BCUT2D eigenvalue weighted by atomic mass is 10.2. The molecule has 0 aromatic heterocycles. The van der Waals surface area contributed by atoms with Crippen molar-refractivity contribution in [2.24, 2.45) is 10.8 Å². The van der Waals surface area contributed by atoms with Crippen molar-refractivity contribution in [2.45, 2.75) is 0 Å². The zero-order valence-corrected chi connectivity index (χ0v) is 9.67. The third kappa shape index (κ3) is 3.69. The summed E-state index contributed by atoms with van der Waals surface area (Å²) in [5, 5.41) is 4.02. The molecule has 68 valence electrons. The highest BCUT2D eigenvalue weighted by Crippen LogP contribution is 2.08. The first-order valence-corrected chi connectivity index (χ1v) is 5.02. The normalized spacial score (nSPS) is 10.2. The Morgan fingerprint density at radius 1 is 1.54 bits per heavy atom. The molecule has 0 aliphatic rings. The van der Waals surface area contributed by atoms with E-state index < -0.39 is 0 Å². The Balaban J connectivity index is 2.68. The minimum Gasteiger partial charge on any atom is -0.375 e. The van der Waals surface area contributed by atoms with Crippen molar-refractivity contribution in [3.05, 3.63) is 33.4 Å². The van der Waals surface area contributed by atoms with Crippen LogP contribution in [0.25, 0.3) is 0 Å². The Bertz CT molecular complexity index is 338. The largest absolute Gasteiger partial charge is 0.375 e. The van der Waals surface area contributed by atoms with Gasteiger partial charge >= 0.3 is 0 Å². The van der Waals surface area contributed by atoms with E-state index in [4.69, 9.17) is 5.73 Å². The van der Waals surface area contributed by atoms with Gasteiger partial charge in [0.15, 0.2) is 5.11 Å². The summed E-state index contributed by atoms with van der Waals surface area (Å²) in [5.74, 6) is 0. The molecule has 0 aliphatic carbocycles. The molecule has 13 heavy (non-hydrogen) atoms. The Kier molecular flexibility index (Phi) is 4.10. The lowest BCUT2D eigenvalue weighted by Crippen LogP contribution is -2.24. The van der Waals surface area contributed by atoms with Gasteiger partial charge in [-0.3, -0.25) is 5.43 Å². The third-order valence-electron chi connectivity index (χ3n) is 1.28. The van der Waals surface area contributed by atoms with Crippen molar-refractivity contribution in [1.82, 2.24) is 5.43 Å². The molecule has 0 saturated carbocycles. The summed E-state index contributed by atoms with van der Waals surface area (Å²) < 4.78 is 1.13. The highest BCUT2D eigenvalue weighted by Gasteiger charge is 1.92. The SMILES string of the molecule is NC(=S)N/N=C/c1ccccc1I. The standard InChI is InChI=1S/C8H8IN3S/c9-7-4-2-1-3-6(7)5-11-12-8(10)13/h1-5H,(H3,10,12,13)/b11-5+. The molecule has 1 rings (SSSR count). The van der Waals surface area contributed by atoms with Gasteiger partial charge < -0.3 is 5.73 Å². The van der Waals surface area contributed by atoms with Gasteiger partial charge in [0.05, 0.1) is 6.21 Å². The number of thiocarbonyl (C=S) groups is 1. The maximum atomic E-state index is 5.20. The van der Waals surface area contributed by atoms with Crippen LogP contribution in [-0.2, 0) is 0 Å². The lowest BCUT2D eigenvalue weighted by molar-refractivity contribution is 1.04. The van der Waals surface area contributed by atoms with Crippen molar-refractivity contribution in [3.8, 4) is 0 Å². The second kappa shape index (κ2) is 5.13. The first kappa shape index (κ1) is 10.4. The van der Waals surface area contributed by atoms with Gasteiger partial charge in [-0.2, -0.15) is 5.10 Å². The molecule has 0 spiro atoms. The van der Waals surface area contributed by atoms with Crippen molar-refractivity contribution in [1.29, 1.82) is 0 Å². The lowest BCUT2D eigenvalue weighted by Gasteiger charge is -1.96. The number of hydrazone groups is 1. The average molecular weight is 305 g/mol. The quantitative estimate of drug-likeness (QED) is 0.376. The Labute approximate surface area is 95.5 Å². The average Bonchev–Trinajstić information content (AvgIpc) is 2.08. The first-order chi connectivity index (χ1) is 6.20. The molecular weight excluding hydrogens is 297 g/mol. The van der Waals surface area contributed by atoms with Crippen LogP contribution in [0.5, 0.6) is 0 Å². The van der Waals surface area contributed by atoms with E-state index in [-0.39, 0.29) is 5.11 Å². The molecule has 0 amide bonds. The fourth-order valence-electron chi connectivity index (χ4n) is 0.745. The van der Waals surface area contributed by atoms with Crippen LogP contribution < -0.4 is 11.2 Å². The maximum Gasteiger partial charge on any atom is 0.184 e. The Morgan fingerprint density at radius 2 is 2.23 bits per heavy atom. The van der Waals surface area contributed by atoms with Gasteiger partial charge in [-0.05, 0) is 40.9 Å². The summed E-state index contributed by atoms with van der Waals surface area (Å²) in [6.45, 7) is 0. The van der Waals surface area contributed by atoms with Gasteiger partial charge in [-0.15, -0.1) is 0 Å². The van der Waals surface area contributed by atoms with E-state index >= 15 is 0 Å². The van der Waals surface area contributed by atoms with E-state index in [0.29, 0.717) is 0 Å². The molecule has 1 aromatic carbocycles. The van der Waals surface area contributed by atoms with Gasteiger partial charge in [-0.1, -0.05) is 18.2 Å². The molecular formula is C8H8IN3S. The Morgan fingerprint density at radius 3 is 2.85 bits per heavy atom. The summed E-state index contributed by atoms with van der Waals surface area (Å²) in [4.78, 5) is 0. The molecule has 0 fully saturated rings. The van der Waals surface area contributed by atoms with Crippen LogP contribution in [0.4, 0.5) is 0 Å². The minimum atomic E-state index is 0.169. The number of benzene rings is 1. The predicted octanol–water partition coefficient (Wildman–Crippen LogP) is 1.46. The fourth-order valence-corrected chi connectivity index (χ4v) is 1.32. The van der Waals surface area contributed by atoms with Gasteiger partial charge in [-0.25, -0.2) is 0 Å². The maximum absolute atomic E-state index is 5.20. The summed E-state index contributed by atoms with van der Waals surface area (Å²) in [7, 11) is 0. The number of nitrogens with zero attached hydrogens (tertiary/aromatic N) is 1. The molecule has 5 heteroatoms. The van der Waals surface area contributed by atoms with Crippen LogP contribution in [0.3, 0.4) is 0 Å². The van der Waals surface area contributed by atoms with Crippen LogP contribution >= 0.6 is 34.8 Å². The van der Waals surface area contributed by atoms with Crippen LogP contribution in [0.2, 0.25) is 0 Å². The van der Waals surface area contributed by atoms with Crippen molar-refractivity contribution in [2.75, 3.05) is 0 Å². The summed E-state index contributed by atoms with van der Waals surface area (Å²) in [6.07, 6.45) is 1.68. The Hall–Kier alpha value is -0.690. The smallest absolute Gasteiger partial charge is 0.184 e. The van der Waals surface area contributed by atoms with Gasteiger partial charge in [0.1, 0.15) is 0 Å². The molecule has 0 unspecified atom stereocenters. The molecule has 0 saturated heterocycles. The number of hydrogen-bond donors (Lipinski definition) is 2. The van der Waals surface area contributed by atoms with Crippen LogP contribution in [0.15, 0.2) is 29.4 Å². The van der Waals surface area contributed by atoms with E-state index in [9.17, 15) is 0 Å². The first-order valence-electron chi connectivity index (χ1n) is 3.53. The molecule has 3 nitrogen and oxygen atoms in total. The predicted molar refractivity (Wildman–Crippen MR) is 66.7 cm³/mol. The zero-order valence-electron chi connectivity index (χ0n) is 6.70. The van der Waals surface area contributed by atoms with Crippen LogP contribution in [0.1, 0.15) is 5.56 Å². The monoisotopic (exact) mass is 305 g/mol.